The van der Waals surface area contributed by atoms with Gasteiger partial charge in [0.2, 0.25) is 10.0 Å². The predicted octanol–water partition coefficient (Wildman–Crippen LogP) is 1.82. The van der Waals surface area contributed by atoms with Gasteiger partial charge in [-0.15, -0.1) is 0 Å². The standard InChI is InChI=1S/C14H22N2O4S/c1-5-20-14(17)15-8-9-16(21(4,18)19)13-10-11(2)6-7-12(13)3/h6-7,10H,5,8-9H2,1-4H3,(H,15,17). The first-order valence-corrected chi connectivity index (χ1v) is 8.56. The number of ether oxygens (including phenoxy) is 1. The molecule has 1 amide bonds. The zero-order valence-corrected chi connectivity index (χ0v) is 13.7. The highest BCUT2D eigenvalue weighted by atomic mass is 32.2. The fourth-order valence-corrected chi connectivity index (χ4v) is 2.87. The first-order valence-electron chi connectivity index (χ1n) is 6.71. The third kappa shape index (κ3) is 5.26. The van der Waals surface area contributed by atoms with Crippen LogP contribution in [0.25, 0.3) is 0 Å². The molecule has 0 aliphatic heterocycles. The molecular weight excluding hydrogens is 292 g/mol. The van der Waals surface area contributed by atoms with Crippen LogP contribution in [0.4, 0.5) is 10.5 Å². The monoisotopic (exact) mass is 314 g/mol. The molecule has 1 aromatic carbocycles. The van der Waals surface area contributed by atoms with Crippen molar-refractivity contribution < 1.29 is 17.9 Å². The Hall–Kier alpha value is -1.76. The highest BCUT2D eigenvalue weighted by molar-refractivity contribution is 7.92. The number of sulfonamides is 1. The van der Waals surface area contributed by atoms with E-state index in [1.54, 1.807) is 6.92 Å². The second-order valence-corrected chi connectivity index (χ2v) is 6.68. The fraction of sp³-hybridized carbons (Fsp3) is 0.500. The number of aryl methyl sites for hydroxylation is 2. The number of alkyl carbamates (subject to hydrolysis) is 1. The van der Waals surface area contributed by atoms with Crippen LogP contribution in [0.3, 0.4) is 0 Å². The molecule has 0 atom stereocenters. The summed E-state index contributed by atoms with van der Waals surface area (Å²) in [5.74, 6) is 0. The average molecular weight is 314 g/mol. The quantitative estimate of drug-likeness (QED) is 0.869. The molecule has 118 valence electrons. The molecule has 0 unspecified atom stereocenters. The zero-order valence-electron chi connectivity index (χ0n) is 12.8. The summed E-state index contributed by atoms with van der Waals surface area (Å²) < 4.78 is 30.0. The van der Waals surface area contributed by atoms with Gasteiger partial charge in [-0.2, -0.15) is 0 Å². The van der Waals surface area contributed by atoms with E-state index < -0.39 is 16.1 Å². The van der Waals surface area contributed by atoms with Crippen LogP contribution in [0.5, 0.6) is 0 Å². The second-order valence-electron chi connectivity index (χ2n) is 4.77. The van der Waals surface area contributed by atoms with E-state index in [1.165, 1.54) is 4.31 Å². The molecular formula is C14H22N2O4S. The average Bonchev–Trinajstić information content (AvgIpc) is 2.37. The number of carbonyl (C=O) groups excluding carboxylic acids is 1. The van der Waals surface area contributed by atoms with Crippen molar-refractivity contribution in [2.75, 3.05) is 30.3 Å². The number of rotatable bonds is 6. The normalized spacial score (nSPS) is 11.0. The summed E-state index contributed by atoms with van der Waals surface area (Å²) in [6.45, 7) is 6.07. The molecule has 0 aliphatic rings. The molecule has 1 rings (SSSR count). The number of benzene rings is 1. The molecule has 1 N–H and O–H groups in total. The first kappa shape index (κ1) is 17.3. The van der Waals surface area contributed by atoms with Gasteiger partial charge in [0.25, 0.3) is 0 Å². The number of nitrogens with one attached hydrogen (secondary N) is 1. The summed E-state index contributed by atoms with van der Waals surface area (Å²) in [5, 5.41) is 2.52. The van der Waals surface area contributed by atoms with Crippen LogP contribution in [0.2, 0.25) is 0 Å². The summed E-state index contributed by atoms with van der Waals surface area (Å²) >= 11 is 0. The Morgan fingerprint density at radius 1 is 1.33 bits per heavy atom. The predicted molar refractivity (Wildman–Crippen MR) is 83.1 cm³/mol. The Balaban J connectivity index is 2.88. The van der Waals surface area contributed by atoms with Crippen LogP contribution < -0.4 is 9.62 Å². The molecule has 0 spiro atoms. The summed E-state index contributed by atoms with van der Waals surface area (Å²) in [5.41, 5.74) is 2.47. The van der Waals surface area contributed by atoms with Gasteiger partial charge in [-0.3, -0.25) is 4.31 Å². The van der Waals surface area contributed by atoms with Crippen LogP contribution in [-0.4, -0.2) is 40.5 Å². The van der Waals surface area contributed by atoms with Crippen molar-refractivity contribution in [3.05, 3.63) is 29.3 Å². The first-order chi connectivity index (χ1) is 9.75. The lowest BCUT2D eigenvalue weighted by atomic mass is 10.1. The smallest absolute Gasteiger partial charge is 0.407 e. The Labute approximate surface area is 126 Å². The minimum absolute atomic E-state index is 0.155. The summed E-state index contributed by atoms with van der Waals surface area (Å²) in [4.78, 5) is 11.2. The van der Waals surface area contributed by atoms with Gasteiger partial charge in [-0.25, -0.2) is 13.2 Å². The van der Waals surface area contributed by atoms with Gasteiger partial charge < -0.3 is 10.1 Å². The van der Waals surface area contributed by atoms with Crippen LogP contribution in [0.15, 0.2) is 18.2 Å². The van der Waals surface area contributed by atoms with E-state index in [0.29, 0.717) is 5.69 Å². The summed E-state index contributed by atoms with van der Waals surface area (Å²) in [6.07, 6.45) is 0.603. The molecule has 6 nitrogen and oxygen atoms in total. The van der Waals surface area contributed by atoms with Gasteiger partial charge in [0.05, 0.1) is 25.1 Å². The van der Waals surface area contributed by atoms with Gasteiger partial charge in [0.1, 0.15) is 0 Å². The van der Waals surface area contributed by atoms with E-state index in [9.17, 15) is 13.2 Å². The van der Waals surface area contributed by atoms with Crippen LogP contribution in [0.1, 0.15) is 18.1 Å². The number of carbonyl (C=O) groups is 1. The molecule has 0 fully saturated rings. The van der Waals surface area contributed by atoms with Crippen molar-refractivity contribution in [2.45, 2.75) is 20.8 Å². The minimum Gasteiger partial charge on any atom is -0.450 e. The molecule has 0 heterocycles. The van der Waals surface area contributed by atoms with Crippen LogP contribution in [0, 0.1) is 13.8 Å². The molecule has 0 aromatic heterocycles. The maximum Gasteiger partial charge on any atom is 0.407 e. The molecule has 21 heavy (non-hydrogen) atoms. The number of amides is 1. The summed E-state index contributed by atoms with van der Waals surface area (Å²) in [6, 6.07) is 5.62. The lowest BCUT2D eigenvalue weighted by Gasteiger charge is -2.24. The Kier molecular flexibility index (Phi) is 6.02. The van der Waals surface area contributed by atoms with Gasteiger partial charge in [-0.1, -0.05) is 12.1 Å². The largest absolute Gasteiger partial charge is 0.450 e. The van der Waals surface area contributed by atoms with Crippen molar-refractivity contribution >= 4 is 21.8 Å². The number of anilines is 1. The highest BCUT2D eigenvalue weighted by Gasteiger charge is 2.19. The molecule has 7 heteroatoms. The number of nitrogens with zero attached hydrogens (tertiary/aromatic N) is 1. The minimum atomic E-state index is -3.43. The van der Waals surface area contributed by atoms with E-state index in [2.05, 4.69) is 5.32 Å². The molecule has 0 radical (unpaired) electrons. The molecule has 0 bridgehead atoms. The zero-order chi connectivity index (χ0) is 16.0. The lowest BCUT2D eigenvalue weighted by Crippen LogP contribution is -2.38. The Bertz CT molecular complexity index is 599. The third-order valence-corrected chi connectivity index (χ3v) is 4.07. The molecule has 0 aliphatic carbocycles. The lowest BCUT2D eigenvalue weighted by molar-refractivity contribution is 0.152. The Morgan fingerprint density at radius 2 is 2.00 bits per heavy atom. The summed E-state index contributed by atoms with van der Waals surface area (Å²) in [7, 11) is -3.43. The molecule has 1 aromatic rings. The maximum atomic E-state index is 12.0. The van der Waals surface area contributed by atoms with E-state index >= 15 is 0 Å². The van der Waals surface area contributed by atoms with Gasteiger partial charge in [0, 0.05) is 6.54 Å². The highest BCUT2D eigenvalue weighted by Crippen LogP contribution is 2.23. The van der Waals surface area contributed by atoms with Crippen molar-refractivity contribution in [2.24, 2.45) is 0 Å². The second kappa shape index (κ2) is 7.31. The SMILES string of the molecule is CCOC(=O)NCCN(c1cc(C)ccc1C)S(C)(=O)=O. The van der Waals surface area contributed by atoms with E-state index in [0.717, 1.165) is 17.4 Å². The Morgan fingerprint density at radius 3 is 2.57 bits per heavy atom. The topological polar surface area (TPSA) is 75.7 Å². The van der Waals surface area contributed by atoms with Gasteiger partial charge >= 0.3 is 6.09 Å². The van der Waals surface area contributed by atoms with Crippen molar-refractivity contribution in [3.8, 4) is 0 Å². The van der Waals surface area contributed by atoms with Crippen LogP contribution >= 0.6 is 0 Å². The number of hydrogen-bond donors (Lipinski definition) is 1. The van der Waals surface area contributed by atoms with Crippen molar-refractivity contribution in [1.29, 1.82) is 0 Å². The fourth-order valence-electron chi connectivity index (χ4n) is 1.89. The van der Waals surface area contributed by atoms with Crippen LogP contribution in [-0.2, 0) is 14.8 Å². The van der Waals surface area contributed by atoms with Gasteiger partial charge in [-0.05, 0) is 38.0 Å². The molecule has 0 saturated carbocycles. The van der Waals surface area contributed by atoms with Crippen molar-refractivity contribution in [3.63, 3.8) is 0 Å². The maximum absolute atomic E-state index is 12.0. The van der Waals surface area contributed by atoms with Crippen molar-refractivity contribution in [1.82, 2.24) is 5.32 Å². The number of hydrogen-bond acceptors (Lipinski definition) is 4. The van der Waals surface area contributed by atoms with Gasteiger partial charge in [0.15, 0.2) is 0 Å². The van der Waals surface area contributed by atoms with E-state index in [-0.39, 0.29) is 19.7 Å². The third-order valence-electron chi connectivity index (χ3n) is 2.89. The van der Waals surface area contributed by atoms with E-state index in [1.807, 2.05) is 32.0 Å². The van der Waals surface area contributed by atoms with E-state index in [4.69, 9.17) is 4.74 Å². The molecule has 0 saturated heterocycles.